The maximum atomic E-state index is 9.74. The molecule has 0 aliphatic heterocycles. The summed E-state index contributed by atoms with van der Waals surface area (Å²) in [6.07, 6.45) is 2.83. The first-order chi connectivity index (χ1) is 7.24. The van der Waals surface area contributed by atoms with Gasteiger partial charge in [-0.1, -0.05) is 63.4 Å². The molecule has 0 spiro atoms. The first-order valence-corrected chi connectivity index (χ1v) is 5.98. The molecule has 15 heavy (non-hydrogen) atoms. The first-order valence-electron chi connectivity index (χ1n) is 5.98. The van der Waals surface area contributed by atoms with E-state index in [2.05, 4.69) is 13.8 Å². The zero-order chi connectivity index (χ0) is 11.7. The summed E-state index contributed by atoms with van der Waals surface area (Å²) in [5, 5.41) is 9.74. The predicted molar refractivity (Wildman–Crippen MR) is 67.0 cm³/mol. The molecule has 0 aliphatic rings. The SMILES string of the molecule is CC.CCCCC(O)c1ccc(C)cc1. The van der Waals surface area contributed by atoms with Crippen LogP contribution >= 0.6 is 0 Å². The van der Waals surface area contributed by atoms with Gasteiger partial charge < -0.3 is 5.11 Å². The van der Waals surface area contributed by atoms with Gasteiger partial charge in [0.05, 0.1) is 6.10 Å². The molecule has 1 aromatic carbocycles. The molecule has 1 N–H and O–H groups in total. The van der Waals surface area contributed by atoms with Crippen molar-refractivity contribution in [2.45, 2.75) is 53.1 Å². The van der Waals surface area contributed by atoms with Gasteiger partial charge in [-0.3, -0.25) is 0 Å². The lowest BCUT2D eigenvalue weighted by atomic mass is 10.0. The molecule has 0 saturated heterocycles. The molecule has 0 aromatic heterocycles. The molecule has 0 fully saturated rings. The Morgan fingerprint density at radius 3 is 2.13 bits per heavy atom. The van der Waals surface area contributed by atoms with Gasteiger partial charge in [0.15, 0.2) is 0 Å². The largest absolute Gasteiger partial charge is 0.388 e. The third kappa shape index (κ3) is 5.58. The van der Waals surface area contributed by atoms with Crippen LogP contribution in [0.25, 0.3) is 0 Å². The van der Waals surface area contributed by atoms with Crippen molar-refractivity contribution >= 4 is 0 Å². The quantitative estimate of drug-likeness (QED) is 0.784. The molecule has 0 radical (unpaired) electrons. The lowest BCUT2D eigenvalue weighted by Crippen LogP contribution is -1.96. The molecule has 1 aromatic rings. The Bertz CT molecular complexity index is 238. The van der Waals surface area contributed by atoms with Crippen LogP contribution in [0.3, 0.4) is 0 Å². The summed E-state index contributed by atoms with van der Waals surface area (Å²) in [6, 6.07) is 8.11. The number of rotatable bonds is 4. The Morgan fingerprint density at radius 2 is 1.67 bits per heavy atom. The van der Waals surface area contributed by atoms with Crippen molar-refractivity contribution in [1.29, 1.82) is 0 Å². The summed E-state index contributed by atoms with van der Waals surface area (Å²) in [5.41, 5.74) is 2.28. The van der Waals surface area contributed by atoms with E-state index in [9.17, 15) is 5.11 Å². The average molecular weight is 208 g/mol. The lowest BCUT2D eigenvalue weighted by Gasteiger charge is -2.09. The fourth-order valence-electron chi connectivity index (χ4n) is 1.35. The molecule has 1 nitrogen and oxygen atoms in total. The van der Waals surface area contributed by atoms with Gasteiger partial charge in [-0.05, 0) is 18.9 Å². The van der Waals surface area contributed by atoms with Gasteiger partial charge in [-0.15, -0.1) is 0 Å². The number of unbranched alkanes of at least 4 members (excludes halogenated alkanes) is 1. The third-order valence-electron chi connectivity index (χ3n) is 2.29. The lowest BCUT2D eigenvalue weighted by molar-refractivity contribution is 0.164. The molecule has 0 aliphatic carbocycles. The highest BCUT2D eigenvalue weighted by atomic mass is 16.3. The van der Waals surface area contributed by atoms with Crippen LogP contribution in [0.2, 0.25) is 0 Å². The van der Waals surface area contributed by atoms with Gasteiger partial charge in [-0.25, -0.2) is 0 Å². The Morgan fingerprint density at radius 1 is 1.13 bits per heavy atom. The van der Waals surface area contributed by atoms with E-state index in [1.54, 1.807) is 0 Å². The van der Waals surface area contributed by atoms with E-state index in [4.69, 9.17) is 0 Å². The van der Waals surface area contributed by atoms with Crippen LogP contribution in [0.1, 0.15) is 57.3 Å². The van der Waals surface area contributed by atoms with Crippen LogP contribution in [0, 0.1) is 6.92 Å². The Balaban J connectivity index is 0.000000921. The normalized spacial score (nSPS) is 11.5. The second kappa shape index (κ2) is 8.49. The van der Waals surface area contributed by atoms with Crippen molar-refractivity contribution in [2.24, 2.45) is 0 Å². The summed E-state index contributed by atoms with van der Waals surface area (Å²) in [7, 11) is 0. The Hall–Kier alpha value is -0.820. The van der Waals surface area contributed by atoms with Gasteiger partial charge in [0, 0.05) is 0 Å². The van der Waals surface area contributed by atoms with Gasteiger partial charge in [0.25, 0.3) is 0 Å². The maximum Gasteiger partial charge on any atom is 0.0790 e. The van der Waals surface area contributed by atoms with Crippen molar-refractivity contribution in [3.63, 3.8) is 0 Å². The van der Waals surface area contributed by atoms with E-state index in [-0.39, 0.29) is 6.10 Å². The van der Waals surface area contributed by atoms with Gasteiger partial charge in [0.1, 0.15) is 0 Å². The second-order valence-corrected chi connectivity index (χ2v) is 3.57. The second-order valence-electron chi connectivity index (χ2n) is 3.57. The van der Waals surface area contributed by atoms with Gasteiger partial charge in [0.2, 0.25) is 0 Å². The summed E-state index contributed by atoms with van der Waals surface area (Å²) in [5.74, 6) is 0. The van der Waals surface area contributed by atoms with Crippen molar-refractivity contribution in [1.82, 2.24) is 0 Å². The minimum Gasteiger partial charge on any atom is -0.388 e. The minimum absolute atomic E-state index is 0.277. The molecule has 0 amide bonds. The van der Waals surface area contributed by atoms with E-state index in [0.29, 0.717) is 0 Å². The molecule has 1 rings (SSSR count). The van der Waals surface area contributed by atoms with Crippen molar-refractivity contribution in [3.05, 3.63) is 35.4 Å². The monoisotopic (exact) mass is 208 g/mol. The first kappa shape index (κ1) is 14.2. The Labute approximate surface area is 94.2 Å². The molecule has 0 bridgehead atoms. The fraction of sp³-hybridized carbons (Fsp3) is 0.571. The minimum atomic E-state index is -0.277. The zero-order valence-electron chi connectivity index (χ0n) is 10.5. The third-order valence-corrected chi connectivity index (χ3v) is 2.29. The van der Waals surface area contributed by atoms with Crippen molar-refractivity contribution in [3.8, 4) is 0 Å². The Kier molecular flexibility index (Phi) is 8.02. The fourth-order valence-corrected chi connectivity index (χ4v) is 1.35. The number of benzene rings is 1. The van der Waals surface area contributed by atoms with E-state index >= 15 is 0 Å². The standard InChI is InChI=1S/C12H18O.C2H6/c1-3-4-5-12(13)11-8-6-10(2)7-9-11;1-2/h6-9,12-13H,3-5H2,1-2H3;1-2H3. The van der Waals surface area contributed by atoms with E-state index < -0.39 is 0 Å². The summed E-state index contributed by atoms with van der Waals surface area (Å²) < 4.78 is 0. The smallest absolute Gasteiger partial charge is 0.0790 e. The van der Waals surface area contributed by atoms with Crippen molar-refractivity contribution in [2.75, 3.05) is 0 Å². The highest BCUT2D eigenvalue weighted by molar-refractivity contribution is 5.22. The van der Waals surface area contributed by atoms with E-state index in [1.807, 2.05) is 38.1 Å². The van der Waals surface area contributed by atoms with Crippen molar-refractivity contribution < 1.29 is 5.11 Å². The van der Waals surface area contributed by atoms with Crippen LogP contribution in [0.15, 0.2) is 24.3 Å². The molecule has 0 saturated carbocycles. The van der Waals surface area contributed by atoms with Crippen LogP contribution in [0.5, 0.6) is 0 Å². The number of aliphatic hydroxyl groups excluding tert-OH is 1. The van der Waals surface area contributed by atoms with Crippen LogP contribution < -0.4 is 0 Å². The highest BCUT2D eigenvalue weighted by Gasteiger charge is 2.05. The highest BCUT2D eigenvalue weighted by Crippen LogP contribution is 2.19. The summed E-state index contributed by atoms with van der Waals surface area (Å²) in [4.78, 5) is 0. The number of aliphatic hydroxyl groups is 1. The number of hydrogen-bond acceptors (Lipinski definition) is 1. The summed E-state index contributed by atoms with van der Waals surface area (Å²) >= 11 is 0. The van der Waals surface area contributed by atoms with Gasteiger partial charge >= 0.3 is 0 Å². The molecule has 1 unspecified atom stereocenters. The molecule has 1 atom stereocenters. The maximum absolute atomic E-state index is 9.74. The predicted octanol–water partition coefficient (Wildman–Crippen LogP) is 4.24. The van der Waals surface area contributed by atoms with Crippen LogP contribution in [-0.2, 0) is 0 Å². The van der Waals surface area contributed by atoms with Crippen LogP contribution in [0.4, 0.5) is 0 Å². The number of aryl methyl sites for hydroxylation is 1. The molecular weight excluding hydrogens is 184 g/mol. The van der Waals surface area contributed by atoms with Gasteiger partial charge in [-0.2, -0.15) is 0 Å². The van der Waals surface area contributed by atoms with Crippen LogP contribution in [-0.4, -0.2) is 5.11 Å². The molecule has 86 valence electrons. The molecular formula is C14H24O. The topological polar surface area (TPSA) is 20.2 Å². The molecule has 1 heteroatoms. The zero-order valence-corrected chi connectivity index (χ0v) is 10.5. The summed E-state index contributed by atoms with van der Waals surface area (Å²) in [6.45, 7) is 8.20. The molecule has 0 heterocycles. The average Bonchev–Trinajstić information content (AvgIpc) is 2.29. The van der Waals surface area contributed by atoms with E-state index in [1.165, 1.54) is 5.56 Å². The van der Waals surface area contributed by atoms with E-state index in [0.717, 1.165) is 24.8 Å². The number of hydrogen-bond donors (Lipinski definition) is 1.